The van der Waals surface area contributed by atoms with Crippen molar-refractivity contribution in [3.05, 3.63) is 98.0 Å². The van der Waals surface area contributed by atoms with Crippen LogP contribution < -0.4 is 14.7 Å². The zero-order valence-corrected chi connectivity index (χ0v) is 22.6. The number of carbonyl (C=O) groups excluding carboxylic acids is 2. The van der Waals surface area contributed by atoms with Crippen molar-refractivity contribution in [1.29, 1.82) is 0 Å². The molecule has 12 heteroatoms. The Hall–Kier alpha value is -3.83. The number of benzene rings is 3. The Bertz CT molecular complexity index is 1500. The predicted molar refractivity (Wildman–Crippen MR) is 155 cm³/mol. The van der Waals surface area contributed by atoms with Crippen molar-refractivity contribution in [1.82, 2.24) is 0 Å². The van der Waals surface area contributed by atoms with Crippen LogP contribution in [0.5, 0.6) is 0 Å². The number of para-hydroxylation sites is 1. The maximum atomic E-state index is 13.8. The van der Waals surface area contributed by atoms with Crippen molar-refractivity contribution in [3.8, 4) is 0 Å². The molecule has 2 aliphatic heterocycles. The van der Waals surface area contributed by atoms with Crippen LogP contribution in [0.3, 0.4) is 0 Å². The van der Waals surface area contributed by atoms with E-state index >= 15 is 0 Å². The summed E-state index contributed by atoms with van der Waals surface area (Å²) >= 11 is 18.6. The van der Waals surface area contributed by atoms with Gasteiger partial charge in [-0.25, -0.2) is 4.90 Å². The average Bonchev–Trinajstić information content (AvgIpc) is 2.94. The number of rotatable bonds is 5. The molecular weight excluding hydrogens is 563 g/mol. The fourth-order valence-electron chi connectivity index (χ4n) is 4.39. The molecule has 2 amide bonds. The third-order valence-corrected chi connectivity index (χ3v) is 7.26. The second kappa shape index (κ2) is 11.1. The number of nitro groups is 1. The highest BCUT2D eigenvalue weighted by Crippen LogP contribution is 2.38. The molecule has 2 saturated heterocycles. The molecule has 2 aliphatic rings. The number of ether oxygens (including phenoxy) is 1. The van der Waals surface area contributed by atoms with Crippen molar-refractivity contribution >= 4 is 81.2 Å². The lowest BCUT2D eigenvalue weighted by atomic mass is 10.0. The minimum Gasteiger partial charge on any atom is -0.378 e. The van der Waals surface area contributed by atoms with E-state index in [2.05, 4.69) is 4.90 Å². The zero-order valence-electron chi connectivity index (χ0n) is 20.3. The van der Waals surface area contributed by atoms with Gasteiger partial charge in [-0.3, -0.25) is 24.6 Å². The van der Waals surface area contributed by atoms with E-state index in [1.807, 2.05) is 12.1 Å². The Morgan fingerprint density at radius 3 is 2.10 bits per heavy atom. The summed E-state index contributed by atoms with van der Waals surface area (Å²) in [5.74, 6) is -1.44. The Labute approximate surface area is 238 Å². The first-order chi connectivity index (χ1) is 18.8. The number of hydrogen-bond donors (Lipinski definition) is 0. The summed E-state index contributed by atoms with van der Waals surface area (Å²) in [5, 5.41) is 11.5. The van der Waals surface area contributed by atoms with E-state index in [-0.39, 0.29) is 32.1 Å². The molecule has 0 spiro atoms. The number of nitro benzene ring substituents is 1. The van der Waals surface area contributed by atoms with Crippen molar-refractivity contribution < 1.29 is 19.2 Å². The second-order valence-electron chi connectivity index (χ2n) is 8.66. The number of carbonyl (C=O) groups is 2. The molecule has 3 aromatic carbocycles. The molecule has 9 nitrogen and oxygen atoms in total. The molecule has 0 aromatic heterocycles. The molecule has 3 aromatic rings. The van der Waals surface area contributed by atoms with Crippen LogP contribution in [0.4, 0.5) is 22.7 Å². The largest absolute Gasteiger partial charge is 0.378 e. The molecule has 0 saturated carbocycles. The van der Waals surface area contributed by atoms with Crippen LogP contribution in [-0.4, -0.2) is 48.2 Å². The van der Waals surface area contributed by atoms with Gasteiger partial charge in [0.2, 0.25) is 0 Å². The molecule has 0 N–H and O–H groups in total. The summed E-state index contributed by atoms with van der Waals surface area (Å²) in [6.45, 7) is 2.73. The van der Waals surface area contributed by atoms with Gasteiger partial charge < -0.3 is 9.64 Å². The second-order valence-corrected chi connectivity index (χ2v) is 9.84. The highest BCUT2D eigenvalue weighted by Gasteiger charge is 2.42. The SMILES string of the molecule is O=C1/C(=C\c2cccc([N+](=O)[O-])c2)C(=O)N(c2c(Cl)cccc2Cl)C(=S)N1c1ccc(N2CCOCC2)cc1. The highest BCUT2D eigenvalue weighted by atomic mass is 35.5. The van der Waals surface area contributed by atoms with Gasteiger partial charge in [-0.15, -0.1) is 0 Å². The summed E-state index contributed by atoms with van der Waals surface area (Å²) in [4.78, 5) is 42.8. The number of halogens is 2. The molecule has 198 valence electrons. The fraction of sp³-hybridized carbons (Fsp3) is 0.148. The number of morpholine rings is 1. The van der Waals surface area contributed by atoms with Crippen LogP contribution in [0.1, 0.15) is 5.56 Å². The van der Waals surface area contributed by atoms with E-state index < -0.39 is 16.7 Å². The smallest absolute Gasteiger partial charge is 0.270 e. The standard InChI is InChI=1S/C27H20Cl2N4O5S/c28-22-5-2-6-23(29)24(22)32-26(35)21(16-17-3-1-4-20(15-17)33(36)37)25(34)31(27(32)39)19-9-7-18(8-10-19)30-11-13-38-14-12-30/h1-10,15-16H,11-14H2/b21-16+. The molecule has 5 rings (SSSR count). The molecule has 0 unspecified atom stereocenters. The van der Waals surface area contributed by atoms with E-state index in [1.54, 1.807) is 36.4 Å². The van der Waals surface area contributed by atoms with Gasteiger partial charge in [0.05, 0.1) is 39.6 Å². The lowest BCUT2D eigenvalue weighted by Crippen LogP contribution is -2.57. The van der Waals surface area contributed by atoms with Crippen molar-refractivity contribution in [2.75, 3.05) is 41.0 Å². The van der Waals surface area contributed by atoms with Gasteiger partial charge in [0.1, 0.15) is 5.57 Å². The van der Waals surface area contributed by atoms with E-state index in [0.29, 0.717) is 24.5 Å². The third-order valence-electron chi connectivity index (χ3n) is 6.29. The van der Waals surface area contributed by atoms with Crippen LogP contribution in [0, 0.1) is 10.1 Å². The Morgan fingerprint density at radius 1 is 0.872 bits per heavy atom. The Kier molecular flexibility index (Phi) is 7.62. The minimum atomic E-state index is -0.757. The summed E-state index contributed by atoms with van der Waals surface area (Å²) in [6, 6.07) is 17.6. The molecule has 2 fully saturated rings. The van der Waals surface area contributed by atoms with Crippen molar-refractivity contribution in [3.63, 3.8) is 0 Å². The van der Waals surface area contributed by atoms with Gasteiger partial charge in [-0.05, 0) is 60.3 Å². The number of nitrogens with zero attached hydrogens (tertiary/aromatic N) is 4. The van der Waals surface area contributed by atoms with Gasteiger partial charge in [-0.1, -0.05) is 41.4 Å². The van der Waals surface area contributed by atoms with E-state index in [1.165, 1.54) is 29.2 Å². The molecular formula is C27H20Cl2N4O5S. The lowest BCUT2D eigenvalue weighted by molar-refractivity contribution is -0.384. The first-order valence-corrected chi connectivity index (χ1v) is 13.0. The molecule has 0 bridgehead atoms. The summed E-state index contributed by atoms with van der Waals surface area (Å²) in [6.07, 6.45) is 1.30. The van der Waals surface area contributed by atoms with Gasteiger partial charge in [0.15, 0.2) is 5.11 Å². The Balaban J connectivity index is 1.61. The van der Waals surface area contributed by atoms with Gasteiger partial charge >= 0.3 is 0 Å². The predicted octanol–water partition coefficient (Wildman–Crippen LogP) is 5.49. The van der Waals surface area contributed by atoms with Crippen LogP contribution in [0.15, 0.2) is 72.3 Å². The number of thiocarbonyl (C=S) groups is 1. The van der Waals surface area contributed by atoms with E-state index in [4.69, 9.17) is 40.2 Å². The highest BCUT2D eigenvalue weighted by molar-refractivity contribution is 7.81. The quantitative estimate of drug-likeness (QED) is 0.129. The molecule has 0 aliphatic carbocycles. The monoisotopic (exact) mass is 582 g/mol. The third kappa shape index (κ3) is 5.24. The number of amides is 2. The molecule has 2 heterocycles. The summed E-state index contributed by atoms with van der Waals surface area (Å²) in [5.41, 5.74) is 1.35. The maximum absolute atomic E-state index is 13.8. The summed E-state index contributed by atoms with van der Waals surface area (Å²) < 4.78 is 5.42. The van der Waals surface area contributed by atoms with Gasteiger partial charge in [0.25, 0.3) is 17.5 Å². The van der Waals surface area contributed by atoms with Crippen molar-refractivity contribution in [2.45, 2.75) is 0 Å². The number of hydrogen-bond acceptors (Lipinski definition) is 7. The van der Waals surface area contributed by atoms with E-state index in [0.717, 1.165) is 23.7 Å². The average molecular weight is 583 g/mol. The zero-order chi connectivity index (χ0) is 27.7. The molecule has 0 atom stereocenters. The maximum Gasteiger partial charge on any atom is 0.270 e. The first kappa shape index (κ1) is 26.8. The number of non-ortho nitro benzene ring substituents is 1. The summed E-state index contributed by atoms with van der Waals surface area (Å²) in [7, 11) is 0. The first-order valence-electron chi connectivity index (χ1n) is 11.8. The van der Waals surface area contributed by atoms with Crippen molar-refractivity contribution in [2.24, 2.45) is 0 Å². The topological polar surface area (TPSA) is 96.2 Å². The Morgan fingerprint density at radius 2 is 1.46 bits per heavy atom. The number of anilines is 3. The van der Waals surface area contributed by atoms with Crippen LogP contribution in [0.25, 0.3) is 6.08 Å². The van der Waals surface area contributed by atoms with E-state index in [9.17, 15) is 19.7 Å². The van der Waals surface area contributed by atoms with Gasteiger partial charge in [-0.2, -0.15) is 0 Å². The van der Waals surface area contributed by atoms with Crippen LogP contribution >= 0.6 is 35.4 Å². The molecule has 39 heavy (non-hydrogen) atoms. The minimum absolute atomic E-state index is 0.128. The van der Waals surface area contributed by atoms with Gasteiger partial charge in [0, 0.05) is 30.9 Å². The molecule has 0 radical (unpaired) electrons. The lowest BCUT2D eigenvalue weighted by Gasteiger charge is -2.37. The fourth-order valence-corrected chi connectivity index (χ4v) is 5.31. The van der Waals surface area contributed by atoms with Crippen LogP contribution in [-0.2, 0) is 14.3 Å². The van der Waals surface area contributed by atoms with Crippen LogP contribution in [0.2, 0.25) is 10.0 Å². The normalized spacial score (nSPS) is 17.2.